The summed E-state index contributed by atoms with van der Waals surface area (Å²) in [5.74, 6) is 0.0839. The maximum atomic E-state index is 12.7. The van der Waals surface area contributed by atoms with Crippen molar-refractivity contribution >= 4 is 11.8 Å². The second-order valence-corrected chi connectivity index (χ2v) is 5.81. The molecule has 2 unspecified atom stereocenters. The molecule has 0 aromatic heterocycles. The van der Waals surface area contributed by atoms with Crippen LogP contribution in [0.25, 0.3) is 0 Å². The van der Waals surface area contributed by atoms with Crippen molar-refractivity contribution in [3.05, 3.63) is 35.4 Å². The lowest BCUT2D eigenvalue weighted by molar-refractivity contribution is -0.143. The summed E-state index contributed by atoms with van der Waals surface area (Å²) < 4.78 is 4.97. The standard InChI is InChI=1S/C19H29NO3/c1-5-12-20-17(13-18(21)23-7-3)19(22)16-10-8-15(9-11-16)14(4)6-2/h8-11,14,17,20H,5-7,12-13H2,1-4H3. The first-order valence-electron chi connectivity index (χ1n) is 8.56. The van der Waals surface area contributed by atoms with Crippen LogP contribution in [0.1, 0.15) is 68.8 Å². The van der Waals surface area contributed by atoms with Crippen LogP contribution >= 0.6 is 0 Å². The van der Waals surface area contributed by atoms with Crippen LogP contribution in [0.5, 0.6) is 0 Å². The van der Waals surface area contributed by atoms with Crippen LogP contribution in [-0.2, 0) is 9.53 Å². The van der Waals surface area contributed by atoms with Gasteiger partial charge >= 0.3 is 5.97 Å². The summed E-state index contributed by atoms with van der Waals surface area (Å²) >= 11 is 0. The Bertz CT molecular complexity index is 496. The van der Waals surface area contributed by atoms with Gasteiger partial charge in [-0.3, -0.25) is 9.59 Å². The molecule has 128 valence electrons. The fourth-order valence-electron chi connectivity index (χ4n) is 2.38. The van der Waals surface area contributed by atoms with Crippen molar-refractivity contribution in [1.29, 1.82) is 0 Å². The third-order valence-electron chi connectivity index (χ3n) is 4.01. The number of rotatable bonds is 10. The highest BCUT2D eigenvalue weighted by molar-refractivity contribution is 6.01. The predicted octanol–water partition coefficient (Wildman–Crippen LogP) is 3.70. The average Bonchev–Trinajstić information content (AvgIpc) is 2.57. The van der Waals surface area contributed by atoms with Gasteiger partial charge in [-0.25, -0.2) is 0 Å². The van der Waals surface area contributed by atoms with E-state index in [2.05, 4.69) is 19.2 Å². The van der Waals surface area contributed by atoms with Crippen LogP contribution in [0.2, 0.25) is 0 Å². The summed E-state index contributed by atoms with van der Waals surface area (Å²) in [6.07, 6.45) is 2.04. The molecule has 1 N–H and O–H groups in total. The van der Waals surface area contributed by atoms with E-state index >= 15 is 0 Å². The average molecular weight is 319 g/mol. The molecule has 0 saturated heterocycles. The molecule has 0 amide bonds. The van der Waals surface area contributed by atoms with E-state index in [0.29, 0.717) is 24.6 Å². The van der Waals surface area contributed by atoms with Crippen LogP contribution in [0.15, 0.2) is 24.3 Å². The Morgan fingerprint density at radius 1 is 1.13 bits per heavy atom. The zero-order chi connectivity index (χ0) is 17.2. The fourth-order valence-corrected chi connectivity index (χ4v) is 2.38. The highest BCUT2D eigenvalue weighted by Gasteiger charge is 2.23. The van der Waals surface area contributed by atoms with Crippen molar-refractivity contribution in [2.24, 2.45) is 0 Å². The van der Waals surface area contributed by atoms with Gasteiger partial charge in [0.1, 0.15) is 0 Å². The lowest BCUT2D eigenvalue weighted by Crippen LogP contribution is -2.39. The van der Waals surface area contributed by atoms with E-state index in [4.69, 9.17) is 4.74 Å². The van der Waals surface area contributed by atoms with Crippen molar-refractivity contribution in [2.75, 3.05) is 13.2 Å². The van der Waals surface area contributed by atoms with Gasteiger partial charge in [0.05, 0.1) is 19.1 Å². The van der Waals surface area contributed by atoms with Crippen molar-refractivity contribution < 1.29 is 14.3 Å². The Hall–Kier alpha value is -1.68. The van der Waals surface area contributed by atoms with Crippen molar-refractivity contribution in [3.63, 3.8) is 0 Å². The molecular formula is C19H29NO3. The number of carbonyl (C=O) groups is 2. The maximum Gasteiger partial charge on any atom is 0.307 e. The number of esters is 1. The van der Waals surface area contributed by atoms with Gasteiger partial charge < -0.3 is 10.1 Å². The van der Waals surface area contributed by atoms with E-state index in [1.54, 1.807) is 6.92 Å². The number of hydrogen-bond donors (Lipinski definition) is 1. The predicted molar refractivity (Wildman–Crippen MR) is 92.8 cm³/mol. The van der Waals surface area contributed by atoms with E-state index in [0.717, 1.165) is 12.8 Å². The Morgan fingerprint density at radius 3 is 2.30 bits per heavy atom. The van der Waals surface area contributed by atoms with Crippen LogP contribution in [0.4, 0.5) is 0 Å². The first-order valence-corrected chi connectivity index (χ1v) is 8.56. The second-order valence-electron chi connectivity index (χ2n) is 5.81. The van der Waals surface area contributed by atoms with Gasteiger partial charge in [0.2, 0.25) is 0 Å². The Labute approximate surface area is 139 Å². The van der Waals surface area contributed by atoms with Gasteiger partial charge in [0.15, 0.2) is 5.78 Å². The molecule has 0 heterocycles. The van der Waals surface area contributed by atoms with Gasteiger partial charge in [-0.05, 0) is 37.8 Å². The summed E-state index contributed by atoms with van der Waals surface area (Å²) in [5.41, 5.74) is 1.86. The number of hydrogen-bond acceptors (Lipinski definition) is 4. The Balaban J connectivity index is 2.83. The van der Waals surface area contributed by atoms with Gasteiger partial charge in [-0.1, -0.05) is 45.0 Å². The highest BCUT2D eigenvalue weighted by Crippen LogP contribution is 2.19. The number of carbonyl (C=O) groups excluding carboxylic acids is 2. The van der Waals surface area contributed by atoms with Gasteiger partial charge in [-0.15, -0.1) is 0 Å². The molecule has 1 aromatic carbocycles. The zero-order valence-electron chi connectivity index (χ0n) is 14.7. The number of Topliss-reactive ketones (excluding diaryl/α,β-unsaturated/α-hetero) is 1. The second kappa shape index (κ2) is 10.2. The maximum absolute atomic E-state index is 12.7. The van der Waals surface area contributed by atoms with Gasteiger partial charge in [-0.2, -0.15) is 0 Å². The lowest BCUT2D eigenvalue weighted by Gasteiger charge is -2.17. The van der Waals surface area contributed by atoms with Crippen molar-refractivity contribution in [3.8, 4) is 0 Å². The summed E-state index contributed by atoms with van der Waals surface area (Å²) in [6, 6.07) is 7.19. The summed E-state index contributed by atoms with van der Waals surface area (Å²) in [5, 5.41) is 3.16. The third-order valence-corrected chi connectivity index (χ3v) is 4.01. The minimum absolute atomic E-state index is 0.0535. The largest absolute Gasteiger partial charge is 0.466 e. The minimum Gasteiger partial charge on any atom is -0.466 e. The molecule has 1 rings (SSSR count). The summed E-state index contributed by atoms with van der Waals surface area (Å²) in [7, 11) is 0. The molecular weight excluding hydrogens is 290 g/mol. The number of benzene rings is 1. The molecule has 1 aromatic rings. The van der Waals surface area contributed by atoms with Crippen LogP contribution in [0.3, 0.4) is 0 Å². The van der Waals surface area contributed by atoms with Gasteiger partial charge in [0, 0.05) is 5.56 Å². The third kappa shape index (κ3) is 6.14. The lowest BCUT2D eigenvalue weighted by atomic mass is 9.95. The van der Waals surface area contributed by atoms with Gasteiger partial charge in [0.25, 0.3) is 0 Å². The first-order chi connectivity index (χ1) is 11.0. The minimum atomic E-state index is -0.525. The molecule has 0 spiro atoms. The molecule has 0 fully saturated rings. The molecule has 0 radical (unpaired) electrons. The molecule has 0 aliphatic heterocycles. The van der Waals surface area contributed by atoms with Crippen LogP contribution in [-0.4, -0.2) is 30.9 Å². The summed E-state index contributed by atoms with van der Waals surface area (Å²) in [6.45, 7) is 9.14. The number of ketones is 1. The monoisotopic (exact) mass is 319 g/mol. The van der Waals surface area contributed by atoms with E-state index < -0.39 is 6.04 Å². The Morgan fingerprint density at radius 2 is 1.78 bits per heavy atom. The first kappa shape index (κ1) is 19.4. The molecule has 0 bridgehead atoms. The highest BCUT2D eigenvalue weighted by atomic mass is 16.5. The van der Waals surface area contributed by atoms with Crippen LogP contribution < -0.4 is 5.32 Å². The van der Waals surface area contributed by atoms with E-state index in [9.17, 15) is 9.59 Å². The molecule has 4 nitrogen and oxygen atoms in total. The number of ether oxygens (including phenoxy) is 1. The molecule has 0 aliphatic rings. The van der Waals surface area contributed by atoms with Crippen LogP contribution in [0, 0.1) is 0 Å². The SMILES string of the molecule is CCCNC(CC(=O)OCC)C(=O)c1ccc(C(C)CC)cc1. The summed E-state index contributed by atoms with van der Waals surface area (Å²) in [4.78, 5) is 24.4. The van der Waals surface area contributed by atoms with E-state index in [1.807, 2.05) is 31.2 Å². The number of nitrogens with one attached hydrogen (secondary N) is 1. The topological polar surface area (TPSA) is 55.4 Å². The molecule has 0 aliphatic carbocycles. The quantitative estimate of drug-likeness (QED) is 0.528. The van der Waals surface area contributed by atoms with E-state index in [-0.39, 0.29) is 18.2 Å². The molecule has 4 heteroatoms. The van der Waals surface area contributed by atoms with Crippen molar-refractivity contribution in [1.82, 2.24) is 5.32 Å². The fraction of sp³-hybridized carbons (Fsp3) is 0.579. The van der Waals surface area contributed by atoms with Crippen molar-refractivity contribution in [2.45, 2.75) is 58.9 Å². The van der Waals surface area contributed by atoms with E-state index in [1.165, 1.54) is 5.56 Å². The molecule has 23 heavy (non-hydrogen) atoms. The molecule has 0 saturated carbocycles. The molecule has 2 atom stereocenters. The Kier molecular flexibility index (Phi) is 8.56. The normalized spacial score (nSPS) is 13.4. The zero-order valence-corrected chi connectivity index (χ0v) is 14.7. The smallest absolute Gasteiger partial charge is 0.307 e.